The largest absolute Gasteiger partial charge is 1.00 e. The van der Waals surface area contributed by atoms with Crippen LogP contribution in [0.4, 0.5) is 0 Å². The summed E-state index contributed by atoms with van der Waals surface area (Å²) in [6.07, 6.45) is 13.6. The molecule has 0 spiro atoms. The molecule has 122 valence electrons. The predicted octanol–water partition coefficient (Wildman–Crippen LogP) is 1.46. The van der Waals surface area contributed by atoms with E-state index in [2.05, 4.69) is 26.5 Å². The molecule has 0 aromatic carbocycles. The van der Waals surface area contributed by atoms with Gasteiger partial charge in [-0.25, -0.2) is 0 Å². The molecule has 0 saturated carbocycles. The molecule has 0 fully saturated rings. The Kier molecular flexibility index (Phi) is 19.0. The minimum Gasteiger partial charge on any atom is -1.00 e. The van der Waals surface area contributed by atoms with Crippen LogP contribution in [0.2, 0.25) is 0 Å². The van der Waals surface area contributed by atoms with Crippen molar-refractivity contribution in [1.82, 2.24) is 0 Å². The highest BCUT2D eigenvalue weighted by atomic mass is 79.9. The third-order valence-corrected chi connectivity index (χ3v) is 3.67. The number of quaternary nitrogens is 1. The first-order valence-corrected chi connectivity index (χ1v) is 8.24. The van der Waals surface area contributed by atoms with Crippen molar-refractivity contribution in [2.24, 2.45) is 0 Å². The lowest BCUT2D eigenvalue weighted by molar-refractivity contribution is -0.368. The Bertz CT molecular complexity index is 225. The van der Waals surface area contributed by atoms with Crippen LogP contribution in [0, 0.1) is 0 Å². The van der Waals surface area contributed by atoms with Crippen molar-refractivity contribution in [3.05, 3.63) is 11.3 Å². The van der Waals surface area contributed by atoms with Crippen molar-refractivity contribution in [2.45, 2.75) is 85.0 Å². The minimum absolute atomic E-state index is 0. The summed E-state index contributed by atoms with van der Waals surface area (Å²) in [6, 6.07) is 0. The lowest BCUT2D eigenvalue weighted by atomic mass is 10.1. The van der Waals surface area contributed by atoms with Crippen molar-refractivity contribution < 1.29 is 27.5 Å². The second-order valence-corrected chi connectivity index (χ2v) is 5.79. The summed E-state index contributed by atoms with van der Waals surface area (Å²) < 4.78 is 5.66. The van der Waals surface area contributed by atoms with Gasteiger partial charge >= 0.3 is 0 Å². The fourth-order valence-electron chi connectivity index (χ4n) is 2.06. The molecular weight excluding hydrogens is 314 g/mol. The monoisotopic (exact) mass is 349 g/mol. The van der Waals surface area contributed by atoms with Crippen molar-refractivity contribution in [3.8, 4) is 0 Å². The van der Waals surface area contributed by atoms with E-state index in [1.807, 2.05) is 0 Å². The number of hydrogen-bond donors (Lipinski definition) is 1. The van der Waals surface area contributed by atoms with Crippen LogP contribution in [-0.2, 0) is 4.74 Å². The summed E-state index contributed by atoms with van der Waals surface area (Å²) in [7, 11) is 0. The molecule has 0 bridgehead atoms. The number of halogens is 1. The number of unbranched alkanes of at least 4 members (excludes halogenated alkanes) is 9. The van der Waals surface area contributed by atoms with Gasteiger partial charge in [-0.05, 0) is 45.6 Å². The molecule has 0 atom stereocenters. The Balaban J connectivity index is 0. The average Bonchev–Trinajstić information content (AvgIpc) is 2.39. The van der Waals surface area contributed by atoms with Crippen molar-refractivity contribution in [3.63, 3.8) is 0 Å². The van der Waals surface area contributed by atoms with Crippen molar-refractivity contribution >= 4 is 0 Å². The van der Waals surface area contributed by atoms with E-state index >= 15 is 0 Å². The Morgan fingerprint density at radius 1 is 0.700 bits per heavy atom. The lowest BCUT2D eigenvalue weighted by Crippen LogP contribution is -3.00. The lowest BCUT2D eigenvalue weighted by Gasteiger charge is -2.07. The van der Waals surface area contributed by atoms with Crippen LogP contribution in [0.25, 0.3) is 0 Å². The van der Waals surface area contributed by atoms with E-state index in [9.17, 15) is 0 Å². The van der Waals surface area contributed by atoms with Gasteiger partial charge in [-0.2, -0.15) is 0 Å². The molecule has 0 aliphatic rings. The summed E-state index contributed by atoms with van der Waals surface area (Å²) in [5.41, 5.74) is 5.17. The quantitative estimate of drug-likeness (QED) is 0.396. The molecule has 0 saturated heterocycles. The maximum atomic E-state index is 5.66. The first kappa shape index (κ1) is 22.3. The molecule has 0 aromatic heterocycles. The molecule has 0 rings (SSSR count). The minimum atomic E-state index is 0. The first-order chi connectivity index (χ1) is 9.18. The van der Waals surface area contributed by atoms with E-state index in [0.29, 0.717) is 0 Å². The van der Waals surface area contributed by atoms with Gasteiger partial charge in [0.1, 0.15) is 0 Å². The van der Waals surface area contributed by atoms with Crippen LogP contribution >= 0.6 is 0 Å². The first-order valence-electron chi connectivity index (χ1n) is 8.24. The Labute approximate surface area is 137 Å². The molecule has 0 radical (unpaired) electrons. The molecular formula is C17H36BrNO. The second kappa shape index (κ2) is 17.0. The molecule has 0 aliphatic carbocycles. The molecule has 2 nitrogen and oxygen atoms in total. The summed E-state index contributed by atoms with van der Waals surface area (Å²) in [4.78, 5) is 0. The molecule has 0 heterocycles. The highest BCUT2D eigenvalue weighted by Crippen LogP contribution is 2.11. The van der Waals surface area contributed by atoms with Crippen LogP contribution in [-0.4, -0.2) is 13.2 Å². The highest BCUT2D eigenvalue weighted by Gasteiger charge is 1.95. The highest BCUT2D eigenvalue weighted by molar-refractivity contribution is 4.98. The summed E-state index contributed by atoms with van der Waals surface area (Å²) in [6.45, 7) is 8.26. The van der Waals surface area contributed by atoms with Crippen molar-refractivity contribution in [2.75, 3.05) is 13.2 Å². The van der Waals surface area contributed by atoms with Gasteiger partial charge in [-0.15, -0.1) is 0 Å². The van der Waals surface area contributed by atoms with Gasteiger partial charge in [-0.3, -0.25) is 0 Å². The van der Waals surface area contributed by atoms with Gasteiger partial charge in [-0.1, -0.05) is 44.9 Å². The third kappa shape index (κ3) is 16.0. The molecule has 0 unspecified atom stereocenters. The predicted molar refractivity (Wildman–Crippen MR) is 83.9 cm³/mol. The summed E-state index contributed by atoms with van der Waals surface area (Å²) in [5.74, 6) is 1.10. The smallest absolute Gasteiger partial charge is 0.0915 e. The van der Waals surface area contributed by atoms with Crippen LogP contribution in [0.5, 0.6) is 0 Å². The van der Waals surface area contributed by atoms with Crippen LogP contribution in [0.1, 0.15) is 85.0 Å². The molecule has 20 heavy (non-hydrogen) atoms. The normalized spacial score (nSPS) is 10.0. The van der Waals surface area contributed by atoms with E-state index in [1.54, 1.807) is 0 Å². The maximum absolute atomic E-state index is 5.66. The van der Waals surface area contributed by atoms with Gasteiger partial charge < -0.3 is 27.5 Å². The summed E-state index contributed by atoms with van der Waals surface area (Å²) >= 11 is 0. The SMILES string of the molecule is CC(C)=C(C)OCCCCCCCCCCCC[NH3+].[Br-]. The van der Waals surface area contributed by atoms with Gasteiger partial charge in [0.15, 0.2) is 0 Å². The van der Waals surface area contributed by atoms with Crippen LogP contribution in [0.15, 0.2) is 11.3 Å². The van der Waals surface area contributed by atoms with Gasteiger partial charge in [0.05, 0.1) is 18.9 Å². The Morgan fingerprint density at radius 2 is 1.10 bits per heavy atom. The zero-order chi connectivity index (χ0) is 14.3. The Hall–Kier alpha value is -0.0200. The van der Waals surface area contributed by atoms with E-state index in [-0.39, 0.29) is 17.0 Å². The van der Waals surface area contributed by atoms with Gasteiger partial charge in [0.25, 0.3) is 0 Å². The molecule has 0 aromatic rings. The van der Waals surface area contributed by atoms with E-state index < -0.39 is 0 Å². The zero-order valence-electron chi connectivity index (χ0n) is 14.0. The molecule has 3 N–H and O–H groups in total. The second-order valence-electron chi connectivity index (χ2n) is 5.79. The third-order valence-electron chi connectivity index (χ3n) is 3.67. The van der Waals surface area contributed by atoms with Crippen LogP contribution < -0.4 is 22.7 Å². The standard InChI is InChI=1S/C17H35NO.BrH/c1-16(2)17(3)19-15-13-11-9-7-5-4-6-8-10-12-14-18;/h4-15,18H2,1-3H3;1H. The maximum Gasteiger partial charge on any atom is 0.0915 e. The fourth-order valence-corrected chi connectivity index (χ4v) is 2.06. The Morgan fingerprint density at radius 3 is 1.50 bits per heavy atom. The topological polar surface area (TPSA) is 36.9 Å². The van der Waals surface area contributed by atoms with Gasteiger partial charge in [0, 0.05) is 0 Å². The number of hydrogen-bond acceptors (Lipinski definition) is 1. The van der Waals surface area contributed by atoms with Crippen LogP contribution in [0.3, 0.4) is 0 Å². The molecule has 3 heteroatoms. The van der Waals surface area contributed by atoms with E-state index in [0.717, 1.165) is 18.9 Å². The van der Waals surface area contributed by atoms with Crippen molar-refractivity contribution in [1.29, 1.82) is 0 Å². The fraction of sp³-hybridized carbons (Fsp3) is 0.882. The zero-order valence-corrected chi connectivity index (χ0v) is 15.6. The van der Waals surface area contributed by atoms with E-state index in [1.165, 1.54) is 69.8 Å². The number of rotatable bonds is 13. The van der Waals surface area contributed by atoms with E-state index in [4.69, 9.17) is 4.74 Å². The summed E-state index contributed by atoms with van der Waals surface area (Å²) in [5, 5.41) is 0. The number of ether oxygens (including phenoxy) is 1. The van der Waals surface area contributed by atoms with Gasteiger partial charge in [0.2, 0.25) is 0 Å². The molecule has 0 amide bonds. The molecule has 0 aliphatic heterocycles. The number of allylic oxidation sites excluding steroid dienone is 2. The average molecular weight is 350 g/mol.